The zero-order chi connectivity index (χ0) is 13.2. The first-order chi connectivity index (χ1) is 8.58. The lowest BCUT2D eigenvalue weighted by atomic mass is 9.86. The average molecular weight is 257 g/mol. The van der Waals surface area contributed by atoms with Gasteiger partial charge in [0.25, 0.3) is 5.92 Å². The van der Waals surface area contributed by atoms with Crippen LogP contribution in [-0.4, -0.2) is 33.2 Å². The second-order valence-corrected chi connectivity index (χ2v) is 4.39. The van der Waals surface area contributed by atoms with Crippen LogP contribution >= 0.6 is 0 Å². The normalized spacial score (nSPS) is 22.6. The van der Waals surface area contributed by atoms with Crippen molar-refractivity contribution in [2.24, 2.45) is 0 Å². The van der Waals surface area contributed by atoms with Gasteiger partial charge in [-0.3, -0.25) is 0 Å². The van der Waals surface area contributed by atoms with Crippen molar-refractivity contribution in [3.8, 4) is 11.5 Å². The molecular formula is C13H17F2NO2. The molecule has 0 radical (unpaired) electrons. The highest BCUT2D eigenvalue weighted by atomic mass is 19.3. The van der Waals surface area contributed by atoms with Gasteiger partial charge in [-0.25, -0.2) is 8.78 Å². The Morgan fingerprint density at radius 3 is 2.67 bits per heavy atom. The Kier molecular flexibility index (Phi) is 3.71. The van der Waals surface area contributed by atoms with Crippen LogP contribution in [0.25, 0.3) is 0 Å². The lowest BCUT2D eigenvalue weighted by molar-refractivity contribution is -0.0426. The summed E-state index contributed by atoms with van der Waals surface area (Å²) in [5.41, 5.74) is 0.517. The van der Waals surface area contributed by atoms with Crippen molar-refractivity contribution in [1.29, 1.82) is 0 Å². The molecule has 0 spiro atoms. The zero-order valence-corrected chi connectivity index (χ0v) is 10.5. The molecule has 0 amide bonds. The summed E-state index contributed by atoms with van der Waals surface area (Å²) in [6, 6.07) is 5.02. The predicted molar refractivity (Wildman–Crippen MR) is 64.7 cm³/mol. The van der Waals surface area contributed by atoms with Crippen molar-refractivity contribution < 1.29 is 18.3 Å². The van der Waals surface area contributed by atoms with Crippen LogP contribution in [0.5, 0.6) is 11.5 Å². The summed E-state index contributed by atoms with van der Waals surface area (Å²) in [4.78, 5) is 0. The van der Waals surface area contributed by atoms with Crippen LogP contribution in [-0.2, 0) is 0 Å². The Morgan fingerprint density at radius 1 is 1.28 bits per heavy atom. The molecule has 0 bridgehead atoms. The molecule has 1 unspecified atom stereocenters. The van der Waals surface area contributed by atoms with Crippen molar-refractivity contribution in [1.82, 2.24) is 5.32 Å². The summed E-state index contributed by atoms with van der Waals surface area (Å²) >= 11 is 0. The molecule has 1 atom stereocenters. The van der Waals surface area contributed by atoms with Crippen LogP contribution in [0.2, 0.25) is 0 Å². The van der Waals surface area contributed by atoms with Gasteiger partial charge in [-0.15, -0.1) is 0 Å². The van der Waals surface area contributed by atoms with E-state index in [9.17, 15) is 8.78 Å². The maximum absolute atomic E-state index is 13.9. The van der Waals surface area contributed by atoms with E-state index in [1.54, 1.807) is 18.2 Å². The highest BCUT2D eigenvalue weighted by Crippen LogP contribution is 2.42. The molecule has 1 heterocycles. The van der Waals surface area contributed by atoms with E-state index in [0.717, 1.165) is 0 Å². The summed E-state index contributed by atoms with van der Waals surface area (Å²) in [6.07, 6.45) is 0.385. The van der Waals surface area contributed by atoms with E-state index in [0.29, 0.717) is 30.0 Å². The van der Waals surface area contributed by atoms with Crippen molar-refractivity contribution in [2.45, 2.75) is 18.3 Å². The van der Waals surface area contributed by atoms with E-state index in [4.69, 9.17) is 9.47 Å². The molecule has 0 saturated carbocycles. The van der Waals surface area contributed by atoms with Gasteiger partial charge in [0.15, 0.2) is 0 Å². The minimum Gasteiger partial charge on any atom is -0.497 e. The Bertz CT molecular complexity index is 423. The number of benzene rings is 1. The quantitative estimate of drug-likeness (QED) is 0.902. The van der Waals surface area contributed by atoms with Gasteiger partial charge in [0, 0.05) is 5.56 Å². The van der Waals surface area contributed by atoms with E-state index in [2.05, 4.69) is 5.32 Å². The summed E-state index contributed by atoms with van der Waals surface area (Å²) in [6.45, 7) is 0.290. The molecule has 1 fully saturated rings. The average Bonchev–Trinajstić information content (AvgIpc) is 2.37. The van der Waals surface area contributed by atoms with Gasteiger partial charge >= 0.3 is 0 Å². The lowest BCUT2D eigenvalue weighted by Crippen LogP contribution is -2.44. The Morgan fingerprint density at radius 2 is 2.06 bits per heavy atom. The molecular weight excluding hydrogens is 240 g/mol. The van der Waals surface area contributed by atoms with Crippen molar-refractivity contribution in [3.05, 3.63) is 23.8 Å². The van der Waals surface area contributed by atoms with E-state index in [1.165, 1.54) is 14.2 Å². The van der Waals surface area contributed by atoms with Gasteiger partial charge in [0.05, 0.1) is 26.7 Å². The highest BCUT2D eigenvalue weighted by Gasteiger charge is 2.43. The fraction of sp³-hybridized carbons (Fsp3) is 0.538. The molecule has 3 nitrogen and oxygen atoms in total. The highest BCUT2D eigenvalue weighted by molar-refractivity contribution is 5.43. The summed E-state index contributed by atoms with van der Waals surface area (Å²) in [5.74, 6) is -2.54. The fourth-order valence-electron chi connectivity index (χ4n) is 2.33. The molecule has 0 aliphatic carbocycles. The van der Waals surface area contributed by atoms with Crippen LogP contribution in [0.3, 0.4) is 0 Å². The largest absolute Gasteiger partial charge is 0.497 e. The maximum atomic E-state index is 13.9. The number of alkyl halides is 2. The molecule has 1 aliphatic rings. The minimum absolute atomic E-state index is 0.294. The van der Waals surface area contributed by atoms with Crippen LogP contribution in [0, 0.1) is 0 Å². The topological polar surface area (TPSA) is 30.5 Å². The maximum Gasteiger partial charge on any atom is 0.267 e. The molecule has 1 aliphatic heterocycles. The first-order valence-electron chi connectivity index (χ1n) is 5.89. The van der Waals surface area contributed by atoms with Gasteiger partial charge < -0.3 is 14.8 Å². The molecule has 0 aromatic heterocycles. The molecule has 1 aromatic rings. The third-order valence-electron chi connectivity index (χ3n) is 3.29. The summed E-state index contributed by atoms with van der Waals surface area (Å²) in [5, 5.41) is 2.72. The number of hydrogen-bond donors (Lipinski definition) is 1. The van der Waals surface area contributed by atoms with Gasteiger partial charge in [-0.1, -0.05) is 0 Å². The number of hydrogen-bond acceptors (Lipinski definition) is 3. The van der Waals surface area contributed by atoms with Crippen LogP contribution in [0.1, 0.15) is 17.9 Å². The number of ether oxygens (including phenoxy) is 2. The number of piperidine rings is 1. The van der Waals surface area contributed by atoms with E-state index >= 15 is 0 Å². The third kappa shape index (κ3) is 2.41. The molecule has 18 heavy (non-hydrogen) atoms. The standard InChI is InChI=1S/C13H17F2NO2/c1-17-9-3-4-12(18-2)10(7-9)11-5-6-16-8-13(11,14)15/h3-4,7,11,16H,5-6,8H2,1-2H3. The van der Waals surface area contributed by atoms with Crippen LogP contribution in [0.15, 0.2) is 18.2 Å². The van der Waals surface area contributed by atoms with Gasteiger partial charge in [0.1, 0.15) is 11.5 Å². The molecule has 1 saturated heterocycles. The SMILES string of the molecule is COc1ccc(OC)c(C2CCNCC2(F)F)c1. The molecule has 1 N–H and O–H groups in total. The summed E-state index contributed by atoms with van der Waals surface area (Å²) < 4.78 is 38.2. The number of rotatable bonds is 3. The first kappa shape index (κ1) is 13.1. The second kappa shape index (κ2) is 5.10. The lowest BCUT2D eigenvalue weighted by Gasteiger charge is -2.33. The smallest absolute Gasteiger partial charge is 0.267 e. The molecule has 100 valence electrons. The monoisotopic (exact) mass is 257 g/mol. The van der Waals surface area contributed by atoms with Crippen molar-refractivity contribution in [3.63, 3.8) is 0 Å². The van der Waals surface area contributed by atoms with Crippen LogP contribution < -0.4 is 14.8 Å². The van der Waals surface area contributed by atoms with Crippen LogP contribution in [0.4, 0.5) is 8.78 Å². The number of halogens is 2. The van der Waals surface area contributed by atoms with Gasteiger partial charge in [0.2, 0.25) is 0 Å². The first-order valence-corrected chi connectivity index (χ1v) is 5.89. The van der Waals surface area contributed by atoms with E-state index in [-0.39, 0.29) is 6.54 Å². The number of methoxy groups -OCH3 is 2. The second-order valence-electron chi connectivity index (χ2n) is 4.39. The Labute approximate surface area is 105 Å². The zero-order valence-electron chi connectivity index (χ0n) is 10.5. The van der Waals surface area contributed by atoms with Gasteiger partial charge in [-0.05, 0) is 31.2 Å². The van der Waals surface area contributed by atoms with Crippen molar-refractivity contribution in [2.75, 3.05) is 27.3 Å². The Hall–Kier alpha value is -1.36. The predicted octanol–water partition coefficient (Wildman–Crippen LogP) is 2.42. The Balaban J connectivity index is 2.41. The molecule has 1 aromatic carbocycles. The minimum atomic E-state index is -2.77. The van der Waals surface area contributed by atoms with Gasteiger partial charge in [-0.2, -0.15) is 0 Å². The summed E-state index contributed by atoms with van der Waals surface area (Å²) in [7, 11) is 3.01. The van der Waals surface area contributed by atoms with E-state index in [1.807, 2.05) is 0 Å². The number of nitrogens with one attached hydrogen (secondary N) is 1. The van der Waals surface area contributed by atoms with E-state index < -0.39 is 11.8 Å². The molecule has 5 heteroatoms. The fourth-order valence-corrected chi connectivity index (χ4v) is 2.33. The third-order valence-corrected chi connectivity index (χ3v) is 3.29. The van der Waals surface area contributed by atoms with Crippen molar-refractivity contribution >= 4 is 0 Å². The molecule has 2 rings (SSSR count).